The Balaban J connectivity index is 1.90. The molecule has 1 N–H and O–H groups in total. The van der Waals surface area contributed by atoms with Crippen LogP contribution in [0.4, 0.5) is 4.39 Å². The molecule has 0 spiro atoms. The van der Waals surface area contributed by atoms with Crippen LogP contribution in [-0.2, 0) is 17.6 Å². The van der Waals surface area contributed by atoms with Crippen LogP contribution in [0.25, 0.3) is 5.69 Å². The highest BCUT2D eigenvalue weighted by Gasteiger charge is 2.24. The molecule has 1 aliphatic rings. The van der Waals surface area contributed by atoms with Crippen LogP contribution in [0.15, 0.2) is 24.3 Å². The summed E-state index contributed by atoms with van der Waals surface area (Å²) in [7, 11) is 1.64. The van der Waals surface area contributed by atoms with Gasteiger partial charge in [0.2, 0.25) is 0 Å². The van der Waals surface area contributed by atoms with Crippen LogP contribution >= 0.6 is 0 Å². The Morgan fingerprint density at radius 1 is 1.24 bits per heavy atom. The Labute approximate surface area is 147 Å². The van der Waals surface area contributed by atoms with Gasteiger partial charge in [0.05, 0.1) is 5.69 Å². The van der Waals surface area contributed by atoms with E-state index in [0.29, 0.717) is 18.8 Å². The van der Waals surface area contributed by atoms with Crippen molar-refractivity contribution in [2.24, 2.45) is 0 Å². The van der Waals surface area contributed by atoms with E-state index in [0.717, 1.165) is 55.5 Å². The van der Waals surface area contributed by atoms with Crippen molar-refractivity contribution in [1.29, 1.82) is 0 Å². The number of hydrogen-bond donors (Lipinski definition) is 1. The molecule has 1 amide bonds. The minimum absolute atomic E-state index is 0.143. The maximum absolute atomic E-state index is 13.2. The number of hydrogen-bond acceptors (Lipinski definition) is 3. The number of carbonyl (C=O) groups is 1. The van der Waals surface area contributed by atoms with Gasteiger partial charge in [0.15, 0.2) is 5.69 Å². The Bertz CT molecular complexity index is 725. The molecule has 25 heavy (non-hydrogen) atoms. The monoisotopic (exact) mass is 345 g/mol. The fraction of sp³-hybridized carbons (Fsp3) is 0.474. The van der Waals surface area contributed by atoms with Crippen molar-refractivity contribution in [3.63, 3.8) is 0 Å². The van der Waals surface area contributed by atoms with E-state index in [1.165, 1.54) is 12.1 Å². The van der Waals surface area contributed by atoms with Crippen molar-refractivity contribution in [3.05, 3.63) is 47.0 Å². The number of nitrogens with zero attached hydrogens (tertiary/aromatic N) is 2. The SMILES string of the molecule is COCCCNC(=O)c1nn(-c2ccc(F)cc2)c2c1CCCCC2. The molecule has 0 unspecified atom stereocenters. The molecule has 6 heteroatoms. The Kier molecular flexibility index (Phi) is 5.81. The number of rotatable bonds is 6. The molecule has 1 aliphatic carbocycles. The third kappa shape index (κ3) is 4.07. The molecule has 1 heterocycles. The van der Waals surface area contributed by atoms with E-state index < -0.39 is 0 Å². The van der Waals surface area contributed by atoms with Crippen LogP contribution in [0.2, 0.25) is 0 Å². The lowest BCUT2D eigenvalue weighted by Gasteiger charge is -2.07. The summed E-state index contributed by atoms with van der Waals surface area (Å²) in [6.07, 6.45) is 5.80. The van der Waals surface area contributed by atoms with Gasteiger partial charge in [-0.05, 0) is 56.4 Å². The molecule has 0 saturated carbocycles. The smallest absolute Gasteiger partial charge is 0.272 e. The first-order valence-electron chi connectivity index (χ1n) is 8.84. The predicted octanol–water partition coefficient (Wildman–Crippen LogP) is 3.05. The average Bonchev–Trinajstić information content (AvgIpc) is 2.81. The highest BCUT2D eigenvalue weighted by molar-refractivity contribution is 5.94. The van der Waals surface area contributed by atoms with Gasteiger partial charge in [0.1, 0.15) is 5.82 Å². The standard InChI is InChI=1S/C19H24FN3O2/c1-25-13-5-12-21-19(24)18-16-6-3-2-4-7-17(16)23(22-18)15-10-8-14(20)9-11-15/h8-11H,2-7,12-13H2,1H3,(H,21,24). The molecule has 1 aromatic heterocycles. The number of benzene rings is 1. The first kappa shape index (κ1) is 17.6. The fourth-order valence-electron chi connectivity index (χ4n) is 3.26. The largest absolute Gasteiger partial charge is 0.385 e. The zero-order valence-corrected chi connectivity index (χ0v) is 14.6. The molecule has 0 aliphatic heterocycles. The molecule has 5 nitrogen and oxygen atoms in total. The van der Waals surface area contributed by atoms with Crippen LogP contribution in [0.5, 0.6) is 0 Å². The van der Waals surface area contributed by atoms with Gasteiger partial charge in [-0.1, -0.05) is 6.42 Å². The minimum Gasteiger partial charge on any atom is -0.385 e. The summed E-state index contributed by atoms with van der Waals surface area (Å²) in [4.78, 5) is 12.6. The van der Waals surface area contributed by atoms with Gasteiger partial charge >= 0.3 is 0 Å². The van der Waals surface area contributed by atoms with Crippen molar-refractivity contribution in [2.75, 3.05) is 20.3 Å². The van der Waals surface area contributed by atoms with E-state index >= 15 is 0 Å². The summed E-state index contributed by atoms with van der Waals surface area (Å²) >= 11 is 0. The molecule has 1 aromatic carbocycles. The third-order valence-electron chi connectivity index (χ3n) is 4.53. The van der Waals surface area contributed by atoms with Gasteiger partial charge in [-0.3, -0.25) is 4.79 Å². The Morgan fingerprint density at radius 3 is 2.76 bits per heavy atom. The van der Waals surface area contributed by atoms with Gasteiger partial charge in [0.25, 0.3) is 5.91 Å². The maximum atomic E-state index is 13.2. The maximum Gasteiger partial charge on any atom is 0.272 e. The highest BCUT2D eigenvalue weighted by atomic mass is 19.1. The van der Waals surface area contributed by atoms with Crippen molar-refractivity contribution in [3.8, 4) is 5.69 Å². The normalized spacial score (nSPS) is 14.0. The fourth-order valence-corrected chi connectivity index (χ4v) is 3.26. The molecule has 2 aromatic rings. The predicted molar refractivity (Wildman–Crippen MR) is 93.6 cm³/mol. The zero-order valence-electron chi connectivity index (χ0n) is 14.6. The van der Waals surface area contributed by atoms with E-state index in [1.807, 2.05) is 4.68 Å². The summed E-state index contributed by atoms with van der Waals surface area (Å²) in [5.74, 6) is -0.423. The van der Waals surface area contributed by atoms with Gasteiger partial charge < -0.3 is 10.1 Å². The molecule has 0 saturated heterocycles. The summed E-state index contributed by atoms with van der Waals surface area (Å²) in [5.41, 5.74) is 3.40. The first-order chi connectivity index (χ1) is 12.2. The number of halogens is 1. The van der Waals surface area contributed by atoms with Crippen LogP contribution in [0, 0.1) is 5.82 Å². The third-order valence-corrected chi connectivity index (χ3v) is 4.53. The molecule has 3 rings (SSSR count). The number of ether oxygens (including phenoxy) is 1. The van der Waals surface area contributed by atoms with Crippen molar-refractivity contribution in [2.45, 2.75) is 38.5 Å². The molecular weight excluding hydrogens is 321 g/mol. The Morgan fingerprint density at radius 2 is 2.00 bits per heavy atom. The lowest BCUT2D eigenvalue weighted by molar-refractivity contribution is 0.0942. The molecule has 0 fully saturated rings. The average molecular weight is 345 g/mol. The number of nitrogens with one attached hydrogen (secondary N) is 1. The van der Waals surface area contributed by atoms with Gasteiger partial charge in [-0.2, -0.15) is 5.10 Å². The van der Waals surface area contributed by atoms with Crippen LogP contribution in [0.3, 0.4) is 0 Å². The van der Waals surface area contributed by atoms with Gasteiger partial charge in [-0.15, -0.1) is 0 Å². The summed E-state index contributed by atoms with van der Waals surface area (Å²) in [6, 6.07) is 6.25. The van der Waals surface area contributed by atoms with E-state index in [4.69, 9.17) is 4.74 Å². The highest BCUT2D eigenvalue weighted by Crippen LogP contribution is 2.26. The van der Waals surface area contributed by atoms with Crippen molar-refractivity contribution >= 4 is 5.91 Å². The van der Waals surface area contributed by atoms with Crippen molar-refractivity contribution < 1.29 is 13.9 Å². The van der Waals surface area contributed by atoms with Crippen LogP contribution < -0.4 is 5.32 Å². The van der Waals surface area contributed by atoms with Crippen LogP contribution in [0.1, 0.15) is 47.4 Å². The van der Waals surface area contributed by atoms with Gasteiger partial charge in [-0.25, -0.2) is 9.07 Å². The van der Waals surface area contributed by atoms with Crippen molar-refractivity contribution in [1.82, 2.24) is 15.1 Å². The summed E-state index contributed by atoms with van der Waals surface area (Å²) in [5, 5.41) is 7.51. The minimum atomic E-state index is -0.280. The first-order valence-corrected chi connectivity index (χ1v) is 8.84. The lowest BCUT2D eigenvalue weighted by atomic mass is 10.1. The quantitative estimate of drug-likeness (QED) is 0.647. The van der Waals surface area contributed by atoms with E-state index in [2.05, 4.69) is 10.4 Å². The number of aromatic nitrogens is 2. The lowest BCUT2D eigenvalue weighted by Crippen LogP contribution is -2.26. The Hall–Kier alpha value is -2.21. The molecule has 0 atom stereocenters. The van der Waals surface area contributed by atoms with E-state index in [-0.39, 0.29) is 11.7 Å². The molecule has 134 valence electrons. The number of fused-ring (bicyclic) bond motifs is 1. The van der Waals surface area contributed by atoms with Crippen LogP contribution in [-0.4, -0.2) is 35.9 Å². The number of carbonyl (C=O) groups excluding carboxylic acids is 1. The molecular formula is C19H24FN3O2. The number of methoxy groups -OCH3 is 1. The second kappa shape index (κ2) is 8.25. The van der Waals surface area contributed by atoms with E-state index in [9.17, 15) is 9.18 Å². The number of amides is 1. The zero-order chi connectivity index (χ0) is 17.6. The summed E-state index contributed by atoms with van der Waals surface area (Å²) < 4.78 is 20.1. The second-order valence-electron chi connectivity index (χ2n) is 6.32. The molecule has 0 radical (unpaired) electrons. The second-order valence-corrected chi connectivity index (χ2v) is 6.32. The summed E-state index contributed by atoms with van der Waals surface area (Å²) in [6.45, 7) is 1.17. The van der Waals surface area contributed by atoms with Gasteiger partial charge in [0, 0.05) is 31.5 Å². The molecule has 0 bridgehead atoms. The topological polar surface area (TPSA) is 56.1 Å². The van der Waals surface area contributed by atoms with E-state index in [1.54, 1.807) is 19.2 Å².